The Morgan fingerprint density at radius 3 is 2.00 bits per heavy atom. The van der Waals surface area contributed by atoms with E-state index in [1.54, 1.807) is 0 Å². The first-order valence-corrected chi connectivity index (χ1v) is 3.33. The highest BCUT2D eigenvalue weighted by atomic mass is 32.3. The van der Waals surface area contributed by atoms with Gasteiger partial charge in [-0.2, -0.15) is 5.26 Å². The van der Waals surface area contributed by atoms with Crippen LogP contribution in [0.15, 0.2) is 0 Å². The molecule has 0 rings (SSSR count). The average molecular weight is 143 g/mol. The van der Waals surface area contributed by atoms with Gasteiger partial charge in [0.2, 0.25) is 11.2 Å². The normalized spacial score (nSPS) is 12.8. The van der Waals surface area contributed by atoms with Crippen LogP contribution in [0, 0.1) is 11.3 Å². The van der Waals surface area contributed by atoms with Crippen molar-refractivity contribution in [3.63, 3.8) is 0 Å². The molecule has 0 saturated carbocycles. The van der Waals surface area contributed by atoms with E-state index in [1.807, 2.05) is 0 Å². The van der Waals surface area contributed by atoms with E-state index in [0.29, 0.717) is 0 Å². The molecule has 0 aliphatic heterocycles. The largest absolute Gasteiger partial charge is 0.210 e. The van der Waals surface area contributed by atoms with Gasteiger partial charge in [-0.1, -0.05) is 0 Å². The van der Waals surface area contributed by atoms with E-state index in [1.165, 1.54) is 6.07 Å². The summed E-state index contributed by atoms with van der Waals surface area (Å²) in [4.78, 5) is 0. The highest BCUT2D eigenvalue weighted by Gasteiger charge is 2.18. The van der Waals surface area contributed by atoms with Crippen molar-refractivity contribution in [2.75, 3.05) is 5.75 Å². The van der Waals surface area contributed by atoms with Crippen LogP contribution in [-0.4, -0.2) is 5.75 Å². The number of nitrogens with zero attached hydrogens (tertiary/aromatic N) is 1. The summed E-state index contributed by atoms with van der Waals surface area (Å²) in [6, 6.07) is 1.43. The predicted molar refractivity (Wildman–Crippen MR) is 26.0 cm³/mol. The third-order valence-electron chi connectivity index (χ3n) is 0.445. The number of rotatable bonds is 2. The first kappa shape index (κ1) is 7.63. The van der Waals surface area contributed by atoms with Crippen LogP contribution in [0.4, 0.5) is 11.7 Å². The van der Waals surface area contributed by atoms with E-state index >= 15 is 0 Å². The van der Waals surface area contributed by atoms with Gasteiger partial charge in [0.25, 0.3) is 0 Å². The summed E-state index contributed by atoms with van der Waals surface area (Å²) in [5.74, 6) is -0.913. The Hall–Kier alpha value is -0.370. The monoisotopic (exact) mass is 143 g/mol. The van der Waals surface area contributed by atoms with Gasteiger partial charge in [-0.25, -0.2) is 0 Å². The lowest BCUT2D eigenvalue weighted by Crippen LogP contribution is -1.82. The molecular formula is C3H4F3NS. The molecule has 0 aromatic heterocycles. The minimum Gasteiger partial charge on any atom is -0.198 e. The second kappa shape index (κ2) is 2.82. The Bertz CT molecular complexity index is 102. The van der Waals surface area contributed by atoms with Crippen LogP contribution in [0.25, 0.3) is 0 Å². The molecule has 0 bridgehead atoms. The third kappa shape index (κ3) is 5.63. The van der Waals surface area contributed by atoms with Crippen molar-refractivity contribution in [1.82, 2.24) is 0 Å². The smallest absolute Gasteiger partial charge is 0.198 e. The lowest BCUT2D eigenvalue weighted by Gasteiger charge is -2.04. The van der Waals surface area contributed by atoms with Gasteiger partial charge in [0, 0.05) is 6.42 Å². The Labute approximate surface area is 47.3 Å². The molecule has 48 valence electrons. The maximum atomic E-state index is 11.2. The first-order chi connectivity index (χ1) is 3.56. The van der Waals surface area contributed by atoms with Crippen molar-refractivity contribution in [2.45, 2.75) is 6.42 Å². The van der Waals surface area contributed by atoms with Crippen molar-refractivity contribution in [1.29, 1.82) is 5.26 Å². The van der Waals surface area contributed by atoms with E-state index in [9.17, 15) is 11.7 Å². The maximum absolute atomic E-state index is 11.2. The van der Waals surface area contributed by atoms with Crippen LogP contribution < -0.4 is 0 Å². The Morgan fingerprint density at radius 1 is 1.38 bits per heavy atom. The summed E-state index contributed by atoms with van der Waals surface area (Å²) in [6.45, 7) is 0. The molecule has 0 aliphatic rings. The molecule has 5 heteroatoms. The number of nitriles is 1. The summed E-state index contributed by atoms with van der Waals surface area (Å²) in [6.07, 6.45) is -0.404. The molecule has 1 nitrogen and oxygen atoms in total. The molecule has 0 aliphatic carbocycles. The zero-order valence-corrected chi connectivity index (χ0v) is 4.72. The quantitative estimate of drug-likeness (QED) is 0.582. The Morgan fingerprint density at radius 2 is 1.88 bits per heavy atom. The van der Waals surface area contributed by atoms with E-state index in [0.717, 1.165) is 0 Å². The molecule has 0 aromatic carbocycles. The molecule has 0 amide bonds. The molecule has 0 saturated heterocycles. The summed E-state index contributed by atoms with van der Waals surface area (Å²) in [7, 11) is 0. The first-order valence-electron chi connectivity index (χ1n) is 1.83. The van der Waals surface area contributed by atoms with Crippen LogP contribution in [0.2, 0.25) is 0 Å². The van der Waals surface area contributed by atoms with E-state index in [-0.39, 0.29) is 0 Å². The summed E-state index contributed by atoms with van der Waals surface area (Å²) in [5, 5.41) is 7.69. The van der Waals surface area contributed by atoms with Crippen LogP contribution in [0.5, 0.6) is 0 Å². The van der Waals surface area contributed by atoms with Crippen molar-refractivity contribution >= 4 is 11.2 Å². The lowest BCUT2D eigenvalue weighted by atomic mass is 10.6. The standard InChI is InChI=1S/C3H4F3NS/c4-8(5,6)3-1-2-7/h1,3H2. The van der Waals surface area contributed by atoms with Crippen molar-refractivity contribution in [3.8, 4) is 6.07 Å². The zero-order valence-electron chi connectivity index (χ0n) is 3.90. The minimum atomic E-state index is -4.91. The van der Waals surface area contributed by atoms with Gasteiger partial charge in [0.15, 0.2) is 0 Å². The predicted octanol–water partition coefficient (Wildman–Crippen LogP) is 2.36. The molecule has 0 atom stereocenters. The number of hydrogen-bond donors (Lipinski definition) is 0. The SMILES string of the molecule is N#CCCS(F)(F)F. The van der Waals surface area contributed by atoms with E-state index < -0.39 is 23.4 Å². The molecule has 0 unspecified atom stereocenters. The summed E-state index contributed by atoms with van der Waals surface area (Å²) in [5.41, 5.74) is 0. The van der Waals surface area contributed by atoms with E-state index in [4.69, 9.17) is 5.26 Å². The van der Waals surface area contributed by atoms with Gasteiger partial charge in [-0.05, 0) is 0 Å². The van der Waals surface area contributed by atoms with Crippen molar-refractivity contribution in [3.05, 3.63) is 0 Å². The van der Waals surface area contributed by atoms with Gasteiger partial charge >= 0.3 is 0 Å². The number of hydrogen-bond acceptors (Lipinski definition) is 1. The minimum absolute atomic E-state index is 0.404. The molecule has 0 spiro atoms. The van der Waals surface area contributed by atoms with Crippen LogP contribution in [0.1, 0.15) is 6.42 Å². The van der Waals surface area contributed by atoms with Gasteiger partial charge in [-0.3, -0.25) is 0 Å². The van der Waals surface area contributed by atoms with Crippen LogP contribution in [-0.2, 0) is 0 Å². The molecule has 0 aromatic rings. The third-order valence-corrected chi connectivity index (χ3v) is 1.11. The lowest BCUT2D eigenvalue weighted by molar-refractivity contribution is 0.632. The fourth-order valence-electron chi connectivity index (χ4n) is 0.161. The van der Waals surface area contributed by atoms with Gasteiger partial charge < -0.3 is 0 Å². The molecular weight excluding hydrogens is 139 g/mol. The fraction of sp³-hybridized carbons (Fsp3) is 0.667. The second-order valence-electron chi connectivity index (χ2n) is 1.11. The van der Waals surface area contributed by atoms with Crippen LogP contribution in [0.3, 0.4) is 0 Å². The summed E-state index contributed by atoms with van der Waals surface area (Å²) >= 11 is -4.91. The maximum Gasteiger partial charge on any atom is 0.210 e. The zero-order chi connectivity index (χ0) is 6.62. The number of halogens is 3. The molecule has 0 heterocycles. The van der Waals surface area contributed by atoms with E-state index in [2.05, 4.69) is 0 Å². The fourth-order valence-corrected chi connectivity index (χ4v) is 0.484. The average Bonchev–Trinajstić information content (AvgIpc) is 1.59. The topological polar surface area (TPSA) is 23.8 Å². The van der Waals surface area contributed by atoms with Gasteiger partial charge in [0.1, 0.15) is 0 Å². The Kier molecular flexibility index (Phi) is 2.69. The summed E-state index contributed by atoms with van der Waals surface area (Å²) < 4.78 is 33.5. The van der Waals surface area contributed by atoms with Gasteiger partial charge in [-0.15, -0.1) is 11.7 Å². The van der Waals surface area contributed by atoms with Crippen LogP contribution >= 0.6 is 11.2 Å². The molecule has 0 radical (unpaired) electrons. The Balaban J connectivity index is 3.28. The molecule has 8 heavy (non-hydrogen) atoms. The molecule has 0 fully saturated rings. The highest BCUT2D eigenvalue weighted by molar-refractivity contribution is 8.20. The highest BCUT2D eigenvalue weighted by Crippen LogP contribution is 2.53. The van der Waals surface area contributed by atoms with Crippen molar-refractivity contribution in [2.24, 2.45) is 0 Å². The molecule has 0 N–H and O–H groups in total. The van der Waals surface area contributed by atoms with Crippen molar-refractivity contribution < 1.29 is 11.7 Å². The second-order valence-corrected chi connectivity index (χ2v) is 2.53. The van der Waals surface area contributed by atoms with Gasteiger partial charge in [0.05, 0.1) is 11.8 Å².